The lowest BCUT2D eigenvalue weighted by Crippen LogP contribution is -2.05. The molecule has 7 nitrogen and oxygen atoms in total. The summed E-state index contributed by atoms with van der Waals surface area (Å²) >= 11 is 1.57. The zero-order valence-corrected chi connectivity index (χ0v) is 21.2. The van der Waals surface area contributed by atoms with Crippen molar-refractivity contribution in [3.05, 3.63) is 72.3 Å². The monoisotopic (exact) mass is 491 g/mol. The summed E-state index contributed by atoms with van der Waals surface area (Å²) in [6.07, 6.45) is 0. The fourth-order valence-corrected chi connectivity index (χ4v) is 4.29. The normalized spacial score (nSPS) is 10.7. The van der Waals surface area contributed by atoms with E-state index in [0.717, 1.165) is 39.5 Å². The minimum Gasteiger partial charge on any atom is -0.497 e. The lowest BCUT2D eigenvalue weighted by Gasteiger charge is -2.15. The second kappa shape index (κ2) is 11.7. The van der Waals surface area contributed by atoms with Crippen LogP contribution < -0.4 is 18.9 Å². The number of aromatic nitrogens is 3. The zero-order chi connectivity index (χ0) is 24.6. The molecule has 0 aliphatic heterocycles. The van der Waals surface area contributed by atoms with Crippen molar-refractivity contribution in [3.8, 4) is 40.1 Å². The number of rotatable bonds is 11. The van der Waals surface area contributed by atoms with Gasteiger partial charge >= 0.3 is 0 Å². The molecule has 0 atom stereocenters. The predicted octanol–water partition coefficient (Wildman–Crippen LogP) is 5.83. The van der Waals surface area contributed by atoms with Crippen LogP contribution in [0.25, 0.3) is 17.1 Å². The summed E-state index contributed by atoms with van der Waals surface area (Å²) in [7, 11) is 3.30. The van der Waals surface area contributed by atoms with Gasteiger partial charge in [0, 0.05) is 17.4 Å². The molecule has 0 aliphatic carbocycles. The number of ether oxygens (including phenoxy) is 4. The van der Waals surface area contributed by atoms with E-state index in [1.165, 1.54) is 5.56 Å². The van der Waals surface area contributed by atoms with E-state index in [9.17, 15) is 0 Å². The molecule has 0 spiro atoms. The summed E-state index contributed by atoms with van der Waals surface area (Å²) in [5.41, 5.74) is 2.95. The predicted molar refractivity (Wildman–Crippen MR) is 138 cm³/mol. The summed E-state index contributed by atoms with van der Waals surface area (Å²) < 4.78 is 24.6. The molecule has 1 aromatic heterocycles. The highest BCUT2D eigenvalue weighted by atomic mass is 32.2. The molecule has 4 rings (SSSR count). The highest BCUT2D eigenvalue weighted by Crippen LogP contribution is 2.35. The van der Waals surface area contributed by atoms with Gasteiger partial charge in [0.2, 0.25) is 0 Å². The molecule has 1 heterocycles. The van der Waals surface area contributed by atoms with E-state index < -0.39 is 0 Å². The van der Waals surface area contributed by atoms with Gasteiger partial charge in [-0.25, -0.2) is 0 Å². The number of hydrogen-bond donors (Lipinski definition) is 0. The SMILES string of the molecule is CCOc1ccc(OCCSc2nnc(-c3ccc(C)cc3)n2-c2cc(OC)ccc2OC)cc1. The van der Waals surface area contributed by atoms with E-state index in [1.54, 1.807) is 26.0 Å². The summed E-state index contributed by atoms with van der Waals surface area (Å²) in [5.74, 6) is 4.46. The van der Waals surface area contributed by atoms with Crippen LogP contribution in [0.2, 0.25) is 0 Å². The van der Waals surface area contributed by atoms with Gasteiger partial charge in [-0.3, -0.25) is 4.57 Å². The first kappa shape index (κ1) is 24.5. The lowest BCUT2D eigenvalue weighted by molar-refractivity contribution is 0.332. The van der Waals surface area contributed by atoms with Crippen LogP contribution in [0.15, 0.2) is 71.9 Å². The Kier molecular flexibility index (Phi) is 8.15. The van der Waals surface area contributed by atoms with Gasteiger partial charge in [0.15, 0.2) is 11.0 Å². The number of nitrogens with zero attached hydrogens (tertiary/aromatic N) is 3. The number of aryl methyl sites for hydroxylation is 1. The van der Waals surface area contributed by atoms with Crippen molar-refractivity contribution in [2.75, 3.05) is 33.2 Å². The maximum Gasteiger partial charge on any atom is 0.196 e. The molecule has 182 valence electrons. The molecular formula is C27H29N3O4S. The largest absolute Gasteiger partial charge is 0.497 e. The van der Waals surface area contributed by atoms with E-state index in [0.29, 0.717) is 24.7 Å². The second-order valence-electron chi connectivity index (χ2n) is 7.65. The minimum absolute atomic E-state index is 0.515. The van der Waals surface area contributed by atoms with Crippen molar-refractivity contribution >= 4 is 11.8 Å². The van der Waals surface area contributed by atoms with Crippen LogP contribution in [0.5, 0.6) is 23.0 Å². The van der Waals surface area contributed by atoms with Gasteiger partial charge in [0.05, 0.1) is 33.1 Å². The van der Waals surface area contributed by atoms with Crippen molar-refractivity contribution in [2.45, 2.75) is 19.0 Å². The van der Waals surface area contributed by atoms with Gasteiger partial charge in [0.25, 0.3) is 0 Å². The van der Waals surface area contributed by atoms with E-state index in [2.05, 4.69) is 29.3 Å². The Morgan fingerprint density at radius 2 is 1.49 bits per heavy atom. The Bertz CT molecular complexity index is 1240. The quantitative estimate of drug-likeness (QED) is 0.193. The molecule has 0 aliphatic rings. The summed E-state index contributed by atoms with van der Waals surface area (Å²) in [5, 5.41) is 9.77. The van der Waals surface area contributed by atoms with Crippen LogP contribution in [0, 0.1) is 6.92 Å². The highest BCUT2D eigenvalue weighted by molar-refractivity contribution is 7.99. The van der Waals surface area contributed by atoms with Gasteiger partial charge in [-0.2, -0.15) is 0 Å². The number of benzene rings is 3. The first-order valence-electron chi connectivity index (χ1n) is 11.4. The van der Waals surface area contributed by atoms with Crippen molar-refractivity contribution in [1.29, 1.82) is 0 Å². The number of hydrogen-bond acceptors (Lipinski definition) is 7. The molecule has 0 fully saturated rings. The maximum absolute atomic E-state index is 5.91. The van der Waals surface area contributed by atoms with Crippen molar-refractivity contribution in [3.63, 3.8) is 0 Å². The van der Waals surface area contributed by atoms with Crippen molar-refractivity contribution < 1.29 is 18.9 Å². The number of thioether (sulfide) groups is 1. The van der Waals surface area contributed by atoms with Crippen LogP contribution in [-0.2, 0) is 0 Å². The van der Waals surface area contributed by atoms with Crippen LogP contribution in [0.1, 0.15) is 12.5 Å². The molecule has 8 heteroatoms. The number of methoxy groups -OCH3 is 2. The fraction of sp³-hybridized carbons (Fsp3) is 0.259. The molecule has 0 radical (unpaired) electrons. The van der Waals surface area contributed by atoms with Gasteiger partial charge in [-0.15, -0.1) is 10.2 Å². The van der Waals surface area contributed by atoms with Crippen LogP contribution in [-0.4, -0.2) is 48.0 Å². The Balaban J connectivity index is 1.58. The summed E-state index contributed by atoms with van der Waals surface area (Å²) in [6.45, 7) is 5.18. The average molecular weight is 492 g/mol. The van der Waals surface area contributed by atoms with E-state index in [1.807, 2.05) is 66.1 Å². The van der Waals surface area contributed by atoms with Gasteiger partial charge in [-0.1, -0.05) is 41.6 Å². The lowest BCUT2D eigenvalue weighted by atomic mass is 10.1. The summed E-state index contributed by atoms with van der Waals surface area (Å²) in [4.78, 5) is 0. The molecule has 4 aromatic rings. The van der Waals surface area contributed by atoms with E-state index in [-0.39, 0.29) is 0 Å². The summed E-state index contributed by atoms with van der Waals surface area (Å²) in [6, 6.07) is 21.6. The maximum atomic E-state index is 5.91. The molecule has 0 unspecified atom stereocenters. The first-order chi connectivity index (χ1) is 17.1. The molecule has 0 N–H and O–H groups in total. The van der Waals surface area contributed by atoms with E-state index >= 15 is 0 Å². The molecule has 0 saturated carbocycles. The van der Waals surface area contributed by atoms with Gasteiger partial charge in [-0.05, 0) is 50.2 Å². The Hall–Kier alpha value is -3.65. The molecule has 35 heavy (non-hydrogen) atoms. The highest BCUT2D eigenvalue weighted by Gasteiger charge is 2.20. The Morgan fingerprint density at radius 1 is 0.800 bits per heavy atom. The molecule has 3 aromatic carbocycles. The van der Waals surface area contributed by atoms with Gasteiger partial charge < -0.3 is 18.9 Å². The minimum atomic E-state index is 0.515. The smallest absolute Gasteiger partial charge is 0.196 e. The van der Waals surface area contributed by atoms with Gasteiger partial charge in [0.1, 0.15) is 23.0 Å². The fourth-order valence-electron chi connectivity index (χ4n) is 3.53. The Labute approximate surface area is 210 Å². The van der Waals surface area contributed by atoms with E-state index in [4.69, 9.17) is 18.9 Å². The molecule has 0 bridgehead atoms. The molecular weight excluding hydrogens is 462 g/mol. The average Bonchev–Trinajstić information content (AvgIpc) is 3.31. The third kappa shape index (κ3) is 5.89. The Morgan fingerprint density at radius 3 is 2.14 bits per heavy atom. The third-order valence-corrected chi connectivity index (χ3v) is 6.18. The molecule has 0 saturated heterocycles. The topological polar surface area (TPSA) is 67.6 Å². The zero-order valence-electron chi connectivity index (χ0n) is 20.4. The first-order valence-corrected chi connectivity index (χ1v) is 12.3. The van der Waals surface area contributed by atoms with Crippen molar-refractivity contribution in [2.24, 2.45) is 0 Å². The third-order valence-electron chi connectivity index (χ3n) is 5.29. The van der Waals surface area contributed by atoms with Crippen LogP contribution in [0.4, 0.5) is 0 Å². The molecule has 0 amide bonds. The van der Waals surface area contributed by atoms with Crippen molar-refractivity contribution in [1.82, 2.24) is 14.8 Å². The standard InChI is InChI=1S/C27H29N3O4S/c1-5-33-21-10-12-22(13-11-21)34-16-17-35-27-29-28-26(20-8-6-19(2)7-9-20)30(27)24-18-23(31-3)14-15-25(24)32-4/h6-15,18H,5,16-17H2,1-4H3. The van der Waals surface area contributed by atoms with Crippen LogP contribution in [0.3, 0.4) is 0 Å². The second-order valence-corrected chi connectivity index (χ2v) is 8.71. The van der Waals surface area contributed by atoms with Crippen LogP contribution >= 0.6 is 11.8 Å².